The highest BCUT2D eigenvalue weighted by Gasteiger charge is 2.13. The van der Waals surface area contributed by atoms with E-state index >= 15 is 0 Å². The van der Waals surface area contributed by atoms with Crippen molar-refractivity contribution in [3.63, 3.8) is 0 Å². The van der Waals surface area contributed by atoms with E-state index in [-0.39, 0.29) is 0 Å². The Morgan fingerprint density at radius 1 is 1.00 bits per heavy atom. The molecule has 6 heteroatoms. The Bertz CT molecular complexity index is 927. The van der Waals surface area contributed by atoms with E-state index in [2.05, 4.69) is 36.4 Å². The highest BCUT2D eigenvalue weighted by atomic mass is 79.9. The smallest absolute Gasteiger partial charge is 0.320 e. The first kappa shape index (κ1) is 13.1. The van der Waals surface area contributed by atoms with Gasteiger partial charge in [0.1, 0.15) is 0 Å². The summed E-state index contributed by atoms with van der Waals surface area (Å²) < 4.78 is 6.72. The van der Waals surface area contributed by atoms with Crippen molar-refractivity contribution in [2.24, 2.45) is 0 Å². The Morgan fingerprint density at radius 2 is 1.82 bits per heavy atom. The van der Waals surface area contributed by atoms with Gasteiger partial charge in [0.05, 0.1) is 5.56 Å². The first-order chi connectivity index (χ1) is 10.8. The zero-order chi connectivity index (χ0) is 14.9. The van der Waals surface area contributed by atoms with Gasteiger partial charge < -0.3 is 14.7 Å². The number of aromatic nitrogens is 3. The second-order valence-corrected chi connectivity index (χ2v) is 5.71. The number of anilines is 2. The van der Waals surface area contributed by atoms with Crippen LogP contribution < -0.4 is 5.32 Å². The van der Waals surface area contributed by atoms with Gasteiger partial charge in [0.2, 0.25) is 0 Å². The third-order valence-electron chi connectivity index (χ3n) is 3.34. The van der Waals surface area contributed by atoms with E-state index in [1.54, 1.807) is 0 Å². The van der Waals surface area contributed by atoms with Crippen LogP contribution in [0.1, 0.15) is 0 Å². The second kappa shape index (κ2) is 5.31. The van der Waals surface area contributed by atoms with Gasteiger partial charge in [0, 0.05) is 27.3 Å². The molecule has 0 fully saturated rings. The van der Waals surface area contributed by atoms with E-state index in [0.29, 0.717) is 11.9 Å². The molecule has 0 bridgehead atoms. The van der Waals surface area contributed by atoms with E-state index < -0.39 is 0 Å². The molecule has 0 saturated heterocycles. The first-order valence-corrected chi connectivity index (χ1v) is 7.51. The van der Waals surface area contributed by atoms with Gasteiger partial charge in [-0.2, -0.15) is 0 Å². The fourth-order valence-corrected chi connectivity index (χ4v) is 2.55. The Hall–Kier alpha value is -2.60. The van der Waals surface area contributed by atoms with Crippen molar-refractivity contribution in [1.82, 2.24) is 15.2 Å². The minimum atomic E-state index is 0.364. The molecule has 2 aromatic heterocycles. The van der Waals surface area contributed by atoms with E-state index in [1.807, 2.05) is 54.7 Å². The molecule has 4 aromatic rings. The number of nitrogens with zero attached hydrogens (tertiary/aromatic N) is 2. The molecule has 5 nitrogen and oxygen atoms in total. The molecule has 0 atom stereocenters. The number of hydrogen-bond donors (Lipinski definition) is 2. The summed E-state index contributed by atoms with van der Waals surface area (Å²) in [5, 5.41) is 12.3. The summed E-state index contributed by atoms with van der Waals surface area (Å²) in [6.45, 7) is 0. The van der Waals surface area contributed by atoms with E-state index in [9.17, 15) is 0 Å². The number of fused-ring (bicyclic) bond motifs is 1. The van der Waals surface area contributed by atoms with Gasteiger partial charge in [0.15, 0.2) is 0 Å². The third kappa shape index (κ3) is 2.37. The van der Waals surface area contributed by atoms with E-state index in [1.165, 1.54) is 0 Å². The molecule has 4 rings (SSSR count). The second-order valence-electron chi connectivity index (χ2n) is 4.79. The molecule has 2 N–H and O–H groups in total. The van der Waals surface area contributed by atoms with Gasteiger partial charge >= 0.3 is 6.01 Å². The van der Waals surface area contributed by atoms with Crippen molar-refractivity contribution in [2.75, 3.05) is 5.32 Å². The van der Waals surface area contributed by atoms with Crippen LogP contribution in [0, 0.1) is 0 Å². The summed E-state index contributed by atoms with van der Waals surface area (Å²) in [5.41, 5.74) is 2.82. The number of hydrogen-bond acceptors (Lipinski definition) is 4. The topological polar surface area (TPSA) is 66.7 Å². The van der Waals surface area contributed by atoms with Gasteiger partial charge in [-0.3, -0.25) is 0 Å². The summed E-state index contributed by atoms with van der Waals surface area (Å²) >= 11 is 3.40. The maximum absolute atomic E-state index is 5.71. The normalized spacial score (nSPS) is 11.0. The molecule has 0 aliphatic heterocycles. The van der Waals surface area contributed by atoms with Crippen molar-refractivity contribution in [3.05, 3.63) is 59.2 Å². The lowest BCUT2D eigenvalue weighted by molar-refractivity contribution is 0.588. The van der Waals surface area contributed by atoms with Gasteiger partial charge in [-0.15, -0.1) is 5.10 Å². The predicted octanol–water partition coefficient (Wildman–Crippen LogP) is 4.72. The molecule has 0 spiro atoms. The Balaban J connectivity index is 1.65. The molecule has 2 aromatic carbocycles. The van der Waals surface area contributed by atoms with E-state index in [0.717, 1.165) is 26.6 Å². The van der Waals surface area contributed by atoms with Crippen LogP contribution in [0.5, 0.6) is 0 Å². The number of halogens is 1. The van der Waals surface area contributed by atoms with Gasteiger partial charge in [-0.05, 0) is 30.3 Å². The lowest BCUT2D eigenvalue weighted by Crippen LogP contribution is -1.89. The van der Waals surface area contributed by atoms with Crippen LogP contribution >= 0.6 is 15.9 Å². The molecule has 0 radical (unpaired) electrons. The van der Waals surface area contributed by atoms with E-state index in [4.69, 9.17) is 4.42 Å². The highest BCUT2D eigenvalue weighted by molar-refractivity contribution is 9.10. The zero-order valence-electron chi connectivity index (χ0n) is 11.4. The number of para-hydroxylation sites is 1. The minimum absolute atomic E-state index is 0.364. The molecule has 0 amide bonds. The maximum atomic E-state index is 5.71. The van der Waals surface area contributed by atoms with Crippen molar-refractivity contribution in [3.8, 4) is 11.5 Å². The molecule has 108 valence electrons. The minimum Gasteiger partial charge on any atom is -0.403 e. The number of benzene rings is 2. The van der Waals surface area contributed by atoms with Crippen molar-refractivity contribution < 1.29 is 4.42 Å². The molecule has 0 aliphatic rings. The summed E-state index contributed by atoms with van der Waals surface area (Å²) in [4.78, 5) is 3.20. The fraction of sp³-hybridized carbons (Fsp3) is 0. The third-order valence-corrected chi connectivity index (χ3v) is 3.87. The van der Waals surface area contributed by atoms with Crippen LogP contribution in [0.25, 0.3) is 22.4 Å². The van der Waals surface area contributed by atoms with Crippen LogP contribution in [0.3, 0.4) is 0 Å². The van der Waals surface area contributed by atoms with Crippen LogP contribution in [-0.4, -0.2) is 15.2 Å². The van der Waals surface area contributed by atoms with Crippen molar-refractivity contribution in [2.45, 2.75) is 0 Å². The van der Waals surface area contributed by atoms with Crippen molar-refractivity contribution >= 4 is 38.5 Å². The Labute approximate surface area is 134 Å². The van der Waals surface area contributed by atoms with Crippen LogP contribution in [0.15, 0.2) is 63.6 Å². The van der Waals surface area contributed by atoms with Crippen LogP contribution in [0.2, 0.25) is 0 Å². The summed E-state index contributed by atoms with van der Waals surface area (Å²) in [7, 11) is 0. The lowest BCUT2D eigenvalue weighted by atomic mass is 10.2. The number of aromatic amines is 1. The fourth-order valence-electron chi connectivity index (χ4n) is 2.29. The first-order valence-electron chi connectivity index (χ1n) is 6.72. The van der Waals surface area contributed by atoms with Gasteiger partial charge in [-0.1, -0.05) is 39.2 Å². The van der Waals surface area contributed by atoms with Gasteiger partial charge in [0.25, 0.3) is 5.89 Å². The number of nitrogens with one attached hydrogen (secondary N) is 2. The molecular formula is C16H11BrN4O. The number of rotatable bonds is 3. The lowest BCUT2D eigenvalue weighted by Gasteiger charge is -2.00. The SMILES string of the molecule is Brc1ccc(Nc2nnc(-c3c[nH]c4ccccc34)o2)cc1. The summed E-state index contributed by atoms with van der Waals surface area (Å²) in [5.74, 6) is 0.483. The maximum Gasteiger partial charge on any atom is 0.320 e. The van der Waals surface area contributed by atoms with Crippen molar-refractivity contribution in [1.29, 1.82) is 0 Å². The predicted molar refractivity (Wildman–Crippen MR) is 89.0 cm³/mol. The standard InChI is InChI=1S/C16H11BrN4O/c17-10-5-7-11(8-6-10)19-16-21-20-15(22-16)13-9-18-14-4-2-1-3-12(13)14/h1-9,18H,(H,19,21). The summed E-state index contributed by atoms with van der Waals surface area (Å²) in [6.07, 6.45) is 1.88. The molecule has 2 heterocycles. The molecule has 22 heavy (non-hydrogen) atoms. The monoisotopic (exact) mass is 354 g/mol. The quantitative estimate of drug-likeness (QED) is 0.558. The van der Waals surface area contributed by atoms with Gasteiger partial charge in [-0.25, -0.2) is 0 Å². The molecule has 0 saturated carbocycles. The van der Waals surface area contributed by atoms with Crippen LogP contribution in [0.4, 0.5) is 11.7 Å². The highest BCUT2D eigenvalue weighted by Crippen LogP contribution is 2.29. The molecule has 0 aliphatic carbocycles. The number of H-pyrrole nitrogens is 1. The average Bonchev–Trinajstić information content (AvgIpc) is 3.16. The zero-order valence-corrected chi connectivity index (χ0v) is 13.0. The molecular weight excluding hydrogens is 344 g/mol. The largest absolute Gasteiger partial charge is 0.403 e. The summed E-state index contributed by atoms with van der Waals surface area (Å²) in [6, 6.07) is 16.1. The molecule has 0 unspecified atom stereocenters. The Kier molecular flexibility index (Phi) is 3.16. The Morgan fingerprint density at radius 3 is 2.68 bits per heavy atom. The average molecular weight is 355 g/mol. The van der Waals surface area contributed by atoms with Crippen LogP contribution in [-0.2, 0) is 0 Å².